The molecule has 0 aliphatic carbocycles. The van der Waals surface area contributed by atoms with E-state index in [2.05, 4.69) is 15.6 Å². The molecule has 0 aliphatic rings. The third kappa shape index (κ3) is 5.26. The maximum absolute atomic E-state index is 13.6. The Kier molecular flexibility index (Phi) is 6.51. The van der Waals surface area contributed by atoms with Crippen molar-refractivity contribution in [3.8, 4) is 0 Å². The van der Waals surface area contributed by atoms with Crippen LogP contribution in [0.4, 0.5) is 4.39 Å². The van der Waals surface area contributed by atoms with E-state index >= 15 is 0 Å². The highest BCUT2D eigenvalue weighted by molar-refractivity contribution is 5.94. The van der Waals surface area contributed by atoms with Gasteiger partial charge >= 0.3 is 0 Å². The van der Waals surface area contributed by atoms with Gasteiger partial charge in [0.05, 0.1) is 17.9 Å². The number of nitrogens with one attached hydrogen (secondary N) is 2. The molecule has 3 rings (SSSR count). The molecule has 6 nitrogen and oxygen atoms in total. The van der Waals surface area contributed by atoms with Crippen LogP contribution in [0.15, 0.2) is 73.3 Å². The zero-order valence-corrected chi connectivity index (χ0v) is 15.2. The quantitative estimate of drug-likeness (QED) is 0.631. The molecular weight excluding hydrogens is 359 g/mol. The first kappa shape index (κ1) is 19.3. The van der Waals surface area contributed by atoms with Crippen LogP contribution in [0.1, 0.15) is 28.4 Å². The molecule has 0 spiro atoms. The molecule has 0 aliphatic heterocycles. The molecule has 0 radical (unpaired) electrons. The summed E-state index contributed by atoms with van der Waals surface area (Å²) < 4.78 is 15.5. The van der Waals surface area contributed by atoms with Crippen molar-refractivity contribution in [2.75, 3.05) is 6.54 Å². The van der Waals surface area contributed by atoms with Gasteiger partial charge in [-0.3, -0.25) is 9.59 Å². The molecule has 1 atom stereocenters. The van der Waals surface area contributed by atoms with Gasteiger partial charge in [0.15, 0.2) is 0 Å². The lowest BCUT2D eigenvalue weighted by Gasteiger charge is -2.20. The lowest BCUT2D eigenvalue weighted by molar-refractivity contribution is -0.121. The normalized spacial score (nSPS) is 11.6. The number of hydrogen-bond donors (Lipinski definition) is 2. The Bertz CT molecular complexity index is 913. The Morgan fingerprint density at radius 2 is 1.82 bits per heavy atom. The molecule has 0 saturated heterocycles. The lowest BCUT2D eigenvalue weighted by atomic mass is 10.1. The molecule has 2 N–H and O–H groups in total. The van der Waals surface area contributed by atoms with Crippen LogP contribution in [0.2, 0.25) is 0 Å². The summed E-state index contributed by atoms with van der Waals surface area (Å²) in [5.74, 6) is -1.33. The van der Waals surface area contributed by atoms with Gasteiger partial charge in [0, 0.05) is 31.9 Å². The van der Waals surface area contributed by atoms with E-state index in [0.717, 1.165) is 5.56 Å². The molecule has 0 unspecified atom stereocenters. The number of carbonyl (C=O) groups excluding carboxylic acids is 2. The van der Waals surface area contributed by atoms with Crippen molar-refractivity contribution in [2.45, 2.75) is 19.0 Å². The summed E-state index contributed by atoms with van der Waals surface area (Å²) in [5.41, 5.74) is 0.935. The van der Waals surface area contributed by atoms with Crippen LogP contribution in [0.5, 0.6) is 0 Å². The molecule has 2 amide bonds. The van der Waals surface area contributed by atoms with Gasteiger partial charge in [-0.2, -0.15) is 0 Å². The van der Waals surface area contributed by atoms with E-state index in [0.29, 0.717) is 6.54 Å². The number of aromatic nitrogens is 2. The van der Waals surface area contributed by atoms with E-state index < -0.39 is 11.7 Å². The summed E-state index contributed by atoms with van der Waals surface area (Å²) in [7, 11) is 0. The maximum Gasteiger partial charge on any atom is 0.254 e. The van der Waals surface area contributed by atoms with Crippen molar-refractivity contribution in [3.63, 3.8) is 0 Å². The van der Waals surface area contributed by atoms with Crippen LogP contribution in [-0.2, 0) is 11.3 Å². The molecule has 0 bridgehead atoms. The summed E-state index contributed by atoms with van der Waals surface area (Å²) in [6, 6.07) is 15.1. The minimum Gasteiger partial charge on any atom is -0.351 e. The highest BCUT2D eigenvalue weighted by Crippen LogP contribution is 2.15. The van der Waals surface area contributed by atoms with Crippen LogP contribution in [0.25, 0.3) is 0 Å². The van der Waals surface area contributed by atoms with E-state index in [-0.39, 0.29) is 30.5 Å². The standard InChI is InChI=1S/C21H21FN4O2/c22-18-9-5-4-8-17(18)21(28)24-11-10-20(27)25-19(14-26-13-12-23-15-26)16-6-2-1-3-7-16/h1-9,12-13,15,19H,10-11,14H2,(H,24,28)(H,25,27)/t19-/m0/s1. The van der Waals surface area contributed by atoms with Crippen LogP contribution in [0.3, 0.4) is 0 Å². The molecule has 1 aromatic heterocycles. The zero-order chi connectivity index (χ0) is 19.8. The van der Waals surface area contributed by atoms with Crippen molar-refractivity contribution >= 4 is 11.8 Å². The number of nitrogens with zero attached hydrogens (tertiary/aromatic N) is 2. The first-order valence-corrected chi connectivity index (χ1v) is 8.96. The van der Waals surface area contributed by atoms with Gasteiger partial charge in [0.25, 0.3) is 5.91 Å². The van der Waals surface area contributed by atoms with Gasteiger partial charge in [-0.05, 0) is 17.7 Å². The third-order valence-corrected chi connectivity index (χ3v) is 4.25. The van der Waals surface area contributed by atoms with E-state index in [1.807, 2.05) is 41.1 Å². The number of amides is 2. The predicted octanol–water partition coefficient (Wildman–Crippen LogP) is 2.70. The Morgan fingerprint density at radius 1 is 1.07 bits per heavy atom. The minimum absolute atomic E-state index is 0.0369. The Balaban J connectivity index is 1.55. The SMILES string of the molecule is O=C(CCNC(=O)c1ccccc1F)N[C@@H](Cn1ccnc1)c1ccccc1. The van der Waals surface area contributed by atoms with Gasteiger partial charge in [-0.1, -0.05) is 42.5 Å². The molecule has 1 heterocycles. The topological polar surface area (TPSA) is 76.0 Å². The lowest BCUT2D eigenvalue weighted by Crippen LogP contribution is -2.34. The van der Waals surface area contributed by atoms with E-state index in [4.69, 9.17) is 0 Å². The van der Waals surface area contributed by atoms with Crippen molar-refractivity contribution < 1.29 is 14.0 Å². The fourth-order valence-electron chi connectivity index (χ4n) is 2.82. The average molecular weight is 380 g/mol. The van der Waals surface area contributed by atoms with Crippen LogP contribution >= 0.6 is 0 Å². The summed E-state index contributed by atoms with van der Waals surface area (Å²) in [6.45, 7) is 0.656. The van der Waals surface area contributed by atoms with Gasteiger partial charge in [0.1, 0.15) is 5.82 Å². The molecular formula is C21H21FN4O2. The first-order valence-electron chi connectivity index (χ1n) is 8.96. The smallest absolute Gasteiger partial charge is 0.254 e. The van der Waals surface area contributed by atoms with Gasteiger partial charge < -0.3 is 15.2 Å². The second kappa shape index (κ2) is 9.45. The van der Waals surface area contributed by atoms with Crippen molar-refractivity contribution in [3.05, 3.63) is 90.3 Å². The minimum atomic E-state index is -0.589. The predicted molar refractivity (Wildman–Crippen MR) is 103 cm³/mol. The second-order valence-corrected chi connectivity index (χ2v) is 6.28. The second-order valence-electron chi connectivity index (χ2n) is 6.28. The van der Waals surface area contributed by atoms with E-state index in [9.17, 15) is 14.0 Å². The number of rotatable bonds is 8. The molecule has 0 saturated carbocycles. The monoisotopic (exact) mass is 380 g/mol. The van der Waals surface area contributed by atoms with Crippen molar-refractivity contribution in [2.24, 2.45) is 0 Å². The molecule has 28 heavy (non-hydrogen) atoms. The number of hydrogen-bond acceptors (Lipinski definition) is 3. The third-order valence-electron chi connectivity index (χ3n) is 4.25. The fraction of sp³-hybridized carbons (Fsp3) is 0.190. The Hall–Kier alpha value is -3.48. The number of imidazole rings is 1. The molecule has 7 heteroatoms. The number of carbonyl (C=O) groups is 2. The number of halogens is 1. The maximum atomic E-state index is 13.6. The molecule has 144 valence electrons. The Morgan fingerprint density at radius 3 is 2.54 bits per heavy atom. The highest BCUT2D eigenvalue weighted by Gasteiger charge is 2.16. The van der Waals surface area contributed by atoms with E-state index in [1.54, 1.807) is 18.6 Å². The summed E-state index contributed by atoms with van der Waals surface area (Å²) in [6.07, 6.45) is 5.29. The van der Waals surface area contributed by atoms with Gasteiger partial charge in [0.2, 0.25) is 5.91 Å². The summed E-state index contributed by atoms with van der Waals surface area (Å²) >= 11 is 0. The van der Waals surface area contributed by atoms with Crippen molar-refractivity contribution in [1.29, 1.82) is 0 Å². The largest absolute Gasteiger partial charge is 0.351 e. The van der Waals surface area contributed by atoms with E-state index in [1.165, 1.54) is 18.2 Å². The van der Waals surface area contributed by atoms with Crippen LogP contribution in [-0.4, -0.2) is 27.9 Å². The zero-order valence-electron chi connectivity index (χ0n) is 15.2. The van der Waals surface area contributed by atoms with Crippen LogP contribution in [0, 0.1) is 5.82 Å². The fourth-order valence-corrected chi connectivity index (χ4v) is 2.82. The molecule has 2 aromatic carbocycles. The summed E-state index contributed by atoms with van der Waals surface area (Å²) in [4.78, 5) is 28.4. The first-order chi connectivity index (χ1) is 13.6. The molecule has 3 aromatic rings. The number of benzene rings is 2. The highest BCUT2D eigenvalue weighted by atomic mass is 19.1. The average Bonchev–Trinajstić information content (AvgIpc) is 3.21. The molecule has 0 fully saturated rings. The van der Waals surface area contributed by atoms with Gasteiger partial charge in [-0.15, -0.1) is 0 Å². The Labute approximate surface area is 162 Å². The summed E-state index contributed by atoms with van der Waals surface area (Å²) in [5, 5.41) is 5.56. The van der Waals surface area contributed by atoms with Crippen molar-refractivity contribution in [1.82, 2.24) is 20.2 Å². The van der Waals surface area contributed by atoms with Gasteiger partial charge in [-0.25, -0.2) is 9.37 Å². The van der Waals surface area contributed by atoms with Crippen LogP contribution < -0.4 is 10.6 Å².